The number of rotatable bonds is 4. The van der Waals surface area contributed by atoms with E-state index < -0.39 is 5.60 Å². The molecule has 0 aromatic carbocycles. The molecule has 0 saturated carbocycles. The number of ether oxygens (including phenoxy) is 1. The maximum atomic E-state index is 11.2. The molecule has 14 heavy (non-hydrogen) atoms. The van der Waals surface area contributed by atoms with Crippen LogP contribution in [0.25, 0.3) is 0 Å². The van der Waals surface area contributed by atoms with Crippen LogP contribution >= 0.6 is 15.9 Å². The fourth-order valence-corrected chi connectivity index (χ4v) is 1.21. The van der Waals surface area contributed by atoms with Gasteiger partial charge in [0.25, 0.3) is 0 Å². The van der Waals surface area contributed by atoms with Gasteiger partial charge in [0.05, 0.1) is 0 Å². The molecule has 4 heteroatoms. The van der Waals surface area contributed by atoms with Gasteiger partial charge in [-0.25, -0.2) is 4.79 Å². The van der Waals surface area contributed by atoms with Crippen LogP contribution in [0.4, 0.5) is 4.79 Å². The van der Waals surface area contributed by atoms with E-state index in [0.717, 1.165) is 12.8 Å². The summed E-state index contributed by atoms with van der Waals surface area (Å²) in [5.74, 6) is 0. The van der Waals surface area contributed by atoms with Crippen molar-refractivity contribution in [2.45, 2.75) is 51.0 Å². The van der Waals surface area contributed by atoms with Crippen LogP contribution in [0.15, 0.2) is 0 Å². The number of hydrogen-bond donors (Lipinski definition) is 1. The minimum absolute atomic E-state index is 0.334. The molecule has 0 rings (SSSR count). The van der Waals surface area contributed by atoms with Gasteiger partial charge in [0.1, 0.15) is 5.60 Å². The molecule has 0 saturated heterocycles. The fraction of sp³-hybridized carbons (Fsp3) is 0.900. The molecule has 0 fully saturated rings. The molecule has 0 spiro atoms. The number of carbonyl (C=O) groups is 1. The average Bonchev–Trinajstić information content (AvgIpc) is 1.94. The van der Waals surface area contributed by atoms with Crippen LogP contribution in [0.5, 0.6) is 0 Å². The Hall–Kier alpha value is -0.250. The van der Waals surface area contributed by atoms with Crippen LogP contribution in [0.3, 0.4) is 0 Å². The molecule has 0 aromatic heterocycles. The van der Waals surface area contributed by atoms with E-state index in [-0.39, 0.29) is 6.09 Å². The summed E-state index contributed by atoms with van der Waals surface area (Å²) in [5.41, 5.74) is -0.410. The molecule has 0 aliphatic rings. The van der Waals surface area contributed by atoms with Crippen molar-refractivity contribution >= 4 is 22.0 Å². The van der Waals surface area contributed by atoms with Crippen molar-refractivity contribution in [3.63, 3.8) is 0 Å². The van der Waals surface area contributed by atoms with Crippen LogP contribution in [0, 0.1) is 0 Å². The first kappa shape index (κ1) is 13.8. The van der Waals surface area contributed by atoms with Crippen molar-refractivity contribution in [2.24, 2.45) is 0 Å². The first-order valence-electron chi connectivity index (χ1n) is 4.92. The lowest BCUT2D eigenvalue weighted by Gasteiger charge is -2.19. The molecular formula is C10H20BrNO2. The summed E-state index contributed by atoms with van der Waals surface area (Å²) in [6.07, 6.45) is 1.68. The monoisotopic (exact) mass is 265 g/mol. The van der Waals surface area contributed by atoms with E-state index in [4.69, 9.17) is 4.74 Å². The topological polar surface area (TPSA) is 38.3 Å². The van der Waals surface area contributed by atoms with Crippen molar-refractivity contribution in [3.8, 4) is 0 Å². The maximum absolute atomic E-state index is 11.2. The van der Waals surface area contributed by atoms with Crippen LogP contribution < -0.4 is 5.32 Å². The van der Waals surface area contributed by atoms with Crippen molar-refractivity contribution in [2.75, 3.05) is 6.54 Å². The zero-order chi connectivity index (χ0) is 11.2. The third-order valence-corrected chi connectivity index (χ3v) is 1.90. The zero-order valence-electron chi connectivity index (χ0n) is 9.39. The lowest BCUT2D eigenvalue weighted by atomic mass is 10.2. The highest BCUT2D eigenvalue weighted by atomic mass is 79.9. The van der Waals surface area contributed by atoms with Gasteiger partial charge in [0.2, 0.25) is 0 Å². The molecule has 1 unspecified atom stereocenters. The van der Waals surface area contributed by atoms with Gasteiger partial charge in [-0.2, -0.15) is 0 Å². The predicted octanol–water partition coefficient (Wildman–Crippen LogP) is 3.07. The van der Waals surface area contributed by atoms with E-state index >= 15 is 0 Å². The molecule has 84 valence electrons. The summed E-state index contributed by atoms with van der Waals surface area (Å²) >= 11 is 3.45. The zero-order valence-corrected chi connectivity index (χ0v) is 11.0. The summed E-state index contributed by atoms with van der Waals surface area (Å²) in [7, 11) is 0. The van der Waals surface area contributed by atoms with Crippen molar-refractivity contribution in [3.05, 3.63) is 0 Å². The lowest BCUT2D eigenvalue weighted by molar-refractivity contribution is 0.0527. The van der Waals surface area contributed by atoms with Gasteiger partial charge in [-0.1, -0.05) is 22.9 Å². The summed E-state index contributed by atoms with van der Waals surface area (Å²) in [6, 6.07) is 0. The molecule has 1 amide bonds. The Bertz CT molecular complexity index is 175. The number of nitrogens with one attached hydrogen (secondary N) is 1. The Morgan fingerprint density at radius 1 is 1.50 bits per heavy atom. The first-order chi connectivity index (χ1) is 6.31. The number of hydrogen-bond acceptors (Lipinski definition) is 2. The lowest BCUT2D eigenvalue weighted by Crippen LogP contribution is -2.33. The Balaban J connectivity index is 3.46. The minimum Gasteiger partial charge on any atom is -0.444 e. The fourth-order valence-electron chi connectivity index (χ4n) is 0.888. The van der Waals surface area contributed by atoms with Gasteiger partial charge in [-0.3, -0.25) is 0 Å². The first-order valence-corrected chi connectivity index (χ1v) is 5.84. The van der Waals surface area contributed by atoms with Crippen LogP contribution in [0.2, 0.25) is 0 Å². The van der Waals surface area contributed by atoms with E-state index in [9.17, 15) is 4.79 Å². The van der Waals surface area contributed by atoms with Crippen LogP contribution in [-0.2, 0) is 4.74 Å². The normalized spacial score (nSPS) is 13.5. The van der Waals surface area contributed by atoms with Gasteiger partial charge >= 0.3 is 6.09 Å². The molecule has 1 N–H and O–H groups in total. The molecular weight excluding hydrogens is 246 g/mol. The van der Waals surface area contributed by atoms with Crippen LogP contribution in [0.1, 0.15) is 40.5 Å². The second-order valence-electron chi connectivity index (χ2n) is 4.35. The molecule has 3 nitrogen and oxygen atoms in total. The molecule has 0 heterocycles. The van der Waals surface area contributed by atoms with Gasteiger partial charge in [0.15, 0.2) is 0 Å². The maximum Gasteiger partial charge on any atom is 0.407 e. The van der Waals surface area contributed by atoms with E-state index in [1.54, 1.807) is 0 Å². The number of carbonyl (C=O) groups excluding carboxylic acids is 1. The standard InChI is InChI=1S/C10H20BrNO2/c1-8(11)6-5-7-12-9(13)14-10(2,3)4/h8H,5-7H2,1-4H3,(H,12,13). The highest BCUT2D eigenvalue weighted by Gasteiger charge is 2.15. The SMILES string of the molecule is CC(Br)CCCNC(=O)OC(C)(C)C. The van der Waals surface area contributed by atoms with Gasteiger partial charge in [-0.15, -0.1) is 0 Å². The van der Waals surface area contributed by atoms with E-state index in [1.165, 1.54) is 0 Å². The average molecular weight is 266 g/mol. The second-order valence-corrected chi connectivity index (χ2v) is 5.91. The molecule has 1 atom stereocenters. The third kappa shape index (κ3) is 9.84. The molecule has 0 aromatic rings. The smallest absolute Gasteiger partial charge is 0.407 e. The molecule has 0 aliphatic carbocycles. The summed E-state index contributed by atoms with van der Waals surface area (Å²) in [5, 5.41) is 2.71. The van der Waals surface area contributed by atoms with Crippen molar-refractivity contribution in [1.82, 2.24) is 5.32 Å². The van der Waals surface area contributed by atoms with Gasteiger partial charge in [-0.05, 0) is 33.6 Å². The number of amides is 1. The van der Waals surface area contributed by atoms with Crippen molar-refractivity contribution < 1.29 is 9.53 Å². The predicted molar refractivity (Wildman–Crippen MR) is 61.9 cm³/mol. The number of alkyl halides is 1. The molecule has 0 bridgehead atoms. The minimum atomic E-state index is -0.410. The summed E-state index contributed by atoms with van der Waals surface area (Å²) < 4.78 is 5.08. The van der Waals surface area contributed by atoms with E-state index in [2.05, 4.69) is 28.2 Å². The highest BCUT2D eigenvalue weighted by Crippen LogP contribution is 2.07. The number of halogens is 1. The highest BCUT2D eigenvalue weighted by molar-refractivity contribution is 9.09. The largest absolute Gasteiger partial charge is 0.444 e. The van der Waals surface area contributed by atoms with Gasteiger partial charge < -0.3 is 10.1 Å². The quantitative estimate of drug-likeness (QED) is 0.627. The number of alkyl carbamates (subject to hydrolysis) is 1. The summed E-state index contributed by atoms with van der Waals surface area (Å²) in [4.78, 5) is 11.7. The van der Waals surface area contributed by atoms with Crippen molar-refractivity contribution in [1.29, 1.82) is 0 Å². The second kappa shape index (κ2) is 6.27. The molecule has 0 aliphatic heterocycles. The van der Waals surface area contributed by atoms with Gasteiger partial charge in [0, 0.05) is 11.4 Å². The Labute approximate surface area is 94.7 Å². The third-order valence-electron chi connectivity index (χ3n) is 1.45. The Morgan fingerprint density at radius 2 is 2.07 bits per heavy atom. The Morgan fingerprint density at radius 3 is 2.50 bits per heavy atom. The Kier molecular flexibility index (Phi) is 6.16. The summed E-state index contributed by atoms with van der Waals surface area (Å²) in [6.45, 7) is 8.33. The molecule has 0 radical (unpaired) electrons. The van der Waals surface area contributed by atoms with E-state index in [0.29, 0.717) is 11.4 Å². The van der Waals surface area contributed by atoms with Crippen LogP contribution in [-0.4, -0.2) is 23.1 Å². The van der Waals surface area contributed by atoms with E-state index in [1.807, 2.05) is 20.8 Å².